The number of carbonyl (C=O) groups is 2. The fourth-order valence-corrected chi connectivity index (χ4v) is 4.96. The Balaban J connectivity index is 1.34. The molecule has 0 unspecified atom stereocenters. The van der Waals surface area contributed by atoms with Crippen molar-refractivity contribution in [2.45, 2.75) is 18.0 Å². The number of fused-ring (bicyclic) bond motifs is 1. The van der Waals surface area contributed by atoms with Crippen molar-refractivity contribution in [3.05, 3.63) is 90.0 Å². The molecule has 0 bridgehead atoms. The first-order chi connectivity index (χ1) is 16.4. The standard InChI is InChI=1S/C26H23F2N3O3/c27-19-10-8-17(9-11-19)16-4-6-18(7-5-16)25-22-13-30(14-24(33)31(22)23(25)15-32)26(34)29-21-3-1-2-20(28)12-21/h1-12,22-23,25,32H,13-15H2,(H,29,34)/t22-,23+,25+/m1/s1. The maximum atomic E-state index is 13.5. The Labute approximate surface area is 195 Å². The number of hydrogen-bond acceptors (Lipinski definition) is 3. The van der Waals surface area contributed by atoms with Gasteiger partial charge in [-0.3, -0.25) is 4.79 Å². The summed E-state index contributed by atoms with van der Waals surface area (Å²) < 4.78 is 26.7. The van der Waals surface area contributed by atoms with Gasteiger partial charge in [-0.2, -0.15) is 0 Å². The number of urea groups is 1. The number of nitrogens with zero attached hydrogens (tertiary/aromatic N) is 2. The molecule has 3 amide bonds. The van der Waals surface area contributed by atoms with Crippen molar-refractivity contribution < 1.29 is 23.5 Å². The SMILES string of the molecule is O=C(Nc1cccc(F)c1)N1CC(=O)N2[C@H](C1)[C@H](c1ccc(-c3ccc(F)cc3)cc1)[C@@H]2CO. The Hall–Kier alpha value is -3.78. The van der Waals surface area contributed by atoms with Crippen molar-refractivity contribution in [2.24, 2.45) is 0 Å². The van der Waals surface area contributed by atoms with E-state index in [0.29, 0.717) is 12.2 Å². The van der Waals surface area contributed by atoms with Crippen molar-refractivity contribution in [3.8, 4) is 11.1 Å². The quantitative estimate of drug-likeness (QED) is 0.618. The molecule has 3 aromatic rings. The molecule has 2 aliphatic rings. The van der Waals surface area contributed by atoms with Crippen LogP contribution in [0.1, 0.15) is 11.5 Å². The monoisotopic (exact) mass is 463 g/mol. The van der Waals surface area contributed by atoms with Gasteiger partial charge in [0.15, 0.2) is 0 Å². The van der Waals surface area contributed by atoms with Crippen molar-refractivity contribution in [3.63, 3.8) is 0 Å². The molecule has 2 fully saturated rings. The number of benzene rings is 3. The molecule has 174 valence electrons. The van der Waals surface area contributed by atoms with Crippen LogP contribution in [0.15, 0.2) is 72.8 Å². The minimum atomic E-state index is -0.476. The maximum Gasteiger partial charge on any atom is 0.322 e. The predicted octanol–water partition coefficient (Wildman–Crippen LogP) is 3.83. The number of nitrogens with one attached hydrogen (secondary N) is 1. The second-order valence-corrected chi connectivity index (χ2v) is 8.59. The Kier molecular flexibility index (Phi) is 5.75. The Bertz CT molecular complexity index is 1220. The number of aliphatic hydroxyl groups is 1. The van der Waals surface area contributed by atoms with E-state index in [4.69, 9.17) is 0 Å². The van der Waals surface area contributed by atoms with Gasteiger partial charge in [0.1, 0.15) is 18.2 Å². The van der Waals surface area contributed by atoms with Crippen LogP contribution < -0.4 is 5.32 Å². The molecule has 0 radical (unpaired) electrons. The van der Waals surface area contributed by atoms with Crippen LogP contribution in [0.2, 0.25) is 0 Å². The summed E-state index contributed by atoms with van der Waals surface area (Å²) in [5.41, 5.74) is 3.08. The largest absolute Gasteiger partial charge is 0.394 e. The lowest BCUT2D eigenvalue weighted by Gasteiger charge is -2.58. The fraction of sp³-hybridized carbons (Fsp3) is 0.231. The minimum Gasteiger partial charge on any atom is -0.394 e. The van der Waals surface area contributed by atoms with E-state index in [-0.39, 0.29) is 42.9 Å². The van der Waals surface area contributed by atoms with Gasteiger partial charge in [-0.1, -0.05) is 42.5 Å². The molecule has 0 spiro atoms. The third-order valence-electron chi connectivity index (χ3n) is 6.59. The van der Waals surface area contributed by atoms with E-state index in [0.717, 1.165) is 16.7 Å². The molecule has 5 rings (SSSR count). The zero-order chi connectivity index (χ0) is 23.8. The smallest absolute Gasteiger partial charge is 0.322 e. The summed E-state index contributed by atoms with van der Waals surface area (Å²) >= 11 is 0. The van der Waals surface area contributed by atoms with Crippen molar-refractivity contribution in [2.75, 3.05) is 25.0 Å². The molecule has 34 heavy (non-hydrogen) atoms. The Morgan fingerprint density at radius 2 is 1.65 bits per heavy atom. The van der Waals surface area contributed by atoms with E-state index in [2.05, 4.69) is 5.32 Å². The summed E-state index contributed by atoms with van der Waals surface area (Å²) in [6, 6.07) is 18.5. The van der Waals surface area contributed by atoms with Crippen LogP contribution in [-0.2, 0) is 4.79 Å². The topological polar surface area (TPSA) is 72.9 Å². The zero-order valence-electron chi connectivity index (χ0n) is 18.2. The van der Waals surface area contributed by atoms with Crippen LogP contribution in [0.5, 0.6) is 0 Å². The molecule has 8 heteroatoms. The maximum absolute atomic E-state index is 13.5. The normalized spacial score (nSPS) is 21.6. The van der Waals surface area contributed by atoms with Crippen molar-refractivity contribution >= 4 is 17.6 Å². The molecule has 0 aliphatic carbocycles. The van der Waals surface area contributed by atoms with Crippen LogP contribution in [0.4, 0.5) is 19.3 Å². The number of anilines is 1. The summed E-state index contributed by atoms with van der Waals surface area (Å²) in [6.07, 6.45) is 0. The Morgan fingerprint density at radius 3 is 2.29 bits per heavy atom. The molecule has 3 aromatic carbocycles. The van der Waals surface area contributed by atoms with Gasteiger partial charge >= 0.3 is 6.03 Å². The highest BCUT2D eigenvalue weighted by atomic mass is 19.1. The number of rotatable bonds is 4. The highest BCUT2D eigenvalue weighted by Gasteiger charge is 2.54. The highest BCUT2D eigenvalue weighted by molar-refractivity contribution is 5.93. The molecule has 2 aliphatic heterocycles. The number of piperazine rings is 1. The Morgan fingerprint density at radius 1 is 0.971 bits per heavy atom. The number of aliphatic hydroxyl groups excluding tert-OH is 1. The van der Waals surface area contributed by atoms with Gasteiger partial charge in [0.25, 0.3) is 0 Å². The van der Waals surface area contributed by atoms with Crippen LogP contribution in [0.3, 0.4) is 0 Å². The van der Waals surface area contributed by atoms with Gasteiger partial charge in [0.05, 0.1) is 18.7 Å². The molecule has 2 heterocycles. The molecule has 0 saturated carbocycles. The number of hydrogen-bond donors (Lipinski definition) is 2. The second kappa shape index (κ2) is 8.87. The molecule has 2 N–H and O–H groups in total. The van der Waals surface area contributed by atoms with Gasteiger partial charge in [-0.05, 0) is 47.0 Å². The molecular weight excluding hydrogens is 440 g/mol. The molecule has 6 nitrogen and oxygen atoms in total. The van der Waals surface area contributed by atoms with Gasteiger partial charge in [0.2, 0.25) is 5.91 Å². The second-order valence-electron chi connectivity index (χ2n) is 8.59. The molecule has 2 saturated heterocycles. The zero-order valence-corrected chi connectivity index (χ0v) is 18.2. The fourth-order valence-electron chi connectivity index (χ4n) is 4.96. The third-order valence-corrected chi connectivity index (χ3v) is 6.59. The number of amides is 3. The van der Waals surface area contributed by atoms with Crippen molar-refractivity contribution in [1.82, 2.24) is 9.80 Å². The summed E-state index contributed by atoms with van der Waals surface area (Å²) in [6.45, 7) is 0.0141. The average Bonchev–Trinajstić information content (AvgIpc) is 2.81. The highest BCUT2D eigenvalue weighted by Crippen LogP contribution is 2.43. The van der Waals surface area contributed by atoms with Gasteiger partial charge in [-0.15, -0.1) is 0 Å². The van der Waals surface area contributed by atoms with Crippen molar-refractivity contribution in [1.29, 1.82) is 0 Å². The van der Waals surface area contributed by atoms with Crippen LogP contribution >= 0.6 is 0 Å². The van der Waals surface area contributed by atoms with Crippen LogP contribution in [-0.4, -0.2) is 58.6 Å². The van der Waals surface area contributed by atoms with Crippen LogP contribution in [0, 0.1) is 11.6 Å². The summed E-state index contributed by atoms with van der Waals surface area (Å²) in [7, 11) is 0. The molecule has 3 atom stereocenters. The average molecular weight is 463 g/mol. The van der Waals surface area contributed by atoms with Gasteiger partial charge in [0, 0.05) is 18.2 Å². The van der Waals surface area contributed by atoms with E-state index >= 15 is 0 Å². The first kappa shape index (κ1) is 22.0. The molecule has 0 aromatic heterocycles. The lowest BCUT2D eigenvalue weighted by molar-refractivity contribution is -0.159. The van der Waals surface area contributed by atoms with E-state index < -0.39 is 11.8 Å². The van der Waals surface area contributed by atoms with Crippen LogP contribution in [0.25, 0.3) is 11.1 Å². The lowest BCUT2D eigenvalue weighted by atomic mass is 9.73. The van der Waals surface area contributed by atoms with E-state index in [9.17, 15) is 23.5 Å². The van der Waals surface area contributed by atoms with Gasteiger partial charge in [-0.25, -0.2) is 13.6 Å². The van der Waals surface area contributed by atoms with E-state index in [1.54, 1.807) is 23.1 Å². The molecular formula is C26H23F2N3O3. The summed E-state index contributed by atoms with van der Waals surface area (Å²) in [5, 5.41) is 12.6. The summed E-state index contributed by atoms with van der Waals surface area (Å²) in [5.74, 6) is -1.13. The number of carbonyl (C=O) groups excluding carboxylic acids is 2. The minimum absolute atomic E-state index is 0.107. The third kappa shape index (κ3) is 4.01. The predicted molar refractivity (Wildman–Crippen MR) is 123 cm³/mol. The lowest BCUT2D eigenvalue weighted by Crippen LogP contribution is -2.73. The van der Waals surface area contributed by atoms with E-state index in [1.165, 1.54) is 35.2 Å². The van der Waals surface area contributed by atoms with Gasteiger partial charge < -0.3 is 20.2 Å². The first-order valence-corrected chi connectivity index (χ1v) is 11.0. The summed E-state index contributed by atoms with van der Waals surface area (Å²) in [4.78, 5) is 28.6. The van der Waals surface area contributed by atoms with E-state index in [1.807, 2.05) is 24.3 Å². The first-order valence-electron chi connectivity index (χ1n) is 11.0. The number of halogens is 2.